The number of rotatable bonds is 4. The van der Waals surface area contributed by atoms with E-state index >= 15 is 0 Å². The van der Waals surface area contributed by atoms with E-state index in [1.807, 2.05) is 30.3 Å². The number of methoxy groups -OCH3 is 2. The van der Waals surface area contributed by atoms with Crippen molar-refractivity contribution in [3.63, 3.8) is 0 Å². The van der Waals surface area contributed by atoms with Gasteiger partial charge in [-0.25, -0.2) is 0 Å². The molecule has 3 aromatic rings. The second-order valence-electron chi connectivity index (χ2n) is 5.48. The Kier molecular flexibility index (Phi) is 3.19. The van der Waals surface area contributed by atoms with Gasteiger partial charge in [0.2, 0.25) is 0 Å². The quantitative estimate of drug-likeness (QED) is 0.603. The van der Waals surface area contributed by atoms with Crippen molar-refractivity contribution >= 4 is 11.5 Å². The molecule has 0 fully saturated rings. The van der Waals surface area contributed by atoms with Gasteiger partial charge in [-0.3, -0.25) is 5.10 Å². The van der Waals surface area contributed by atoms with Gasteiger partial charge < -0.3 is 14.8 Å². The summed E-state index contributed by atoms with van der Waals surface area (Å²) >= 11 is 0. The average Bonchev–Trinajstić information content (AvgIpc) is 3.15. The molecule has 0 unspecified atom stereocenters. The van der Waals surface area contributed by atoms with Crippen molar-refractivity contribution in [1.82, 2.24) is 10.2 Å². The minimum Gasteiger partial charge on any atom is -0.497 e. The molecule has 5 nitrogen and oxygen atoms in total. The molecule has 116 valence electrons. The van der Waals surface area contributed by atoms with Crippen LogP contribution in [0.1, 0.15) is 11.1 Å². The van der Waals surface area contributed by atoms with Crippen LogP contribution in [0, 0.1) is 0 Å². The van der Waals surface area contributed by atoms with Crippen LogP contribution in [0.25, 0.3) is 11.3 Å². The normalized spacial score (nSPS) is 11.7. The fourth-order valence-corrected chi connectivity index (χ4v) is 2.93. The van der Waals surface area contributed by atoms with Crippen LogP contribution in [0.15, 0.2) is 42.5 Å². The van der Waals surface area contributed by atoms with Crippen molar-refractivity contribution in [2.75, 3.05) is 19.5 Å². The van der Waals surface area contributed by atoms with E-state index in [9.17, 15) is 0 Å². The van der Waals surface area contributed by atoms with E-state index in [0.29, 0.717) is 0 Å². The minimum atomic E-state index is 0.835. The predicted octanol–water partition coefficient (Wildman–Crippen LogP) is 3.74. The van der Waals surface area contributed by atoms with Crippen LogP contribution in [0.4, 0.5) is 11.5 Å². The third-order valence-corrected chi connectivity index (χ3v) is 4.17. The first-order valence-electron chi connectivity index (χ1n) is 7.44. The lowest BCUT2D eigenvalue weighted by molar-refractivity contribution is 0.415. The maximum atomic E-state index is 5.32. The molecule has 1 heterocycles. The molecule has 2 aromatic carbocycles. The van der Waals surface area contributed by atoms with Gasteiger partial charge in [0.15, 0.2) is 5.82 Å². The lowest BCUT2D eigenvalue weighted by Crippen LogP contribution is -1.95. The van der Waals surface area contributed by atoms with Gasteiger partial charge in [-0.05, 0) is 42.0 Å². The largest absolute Gasteiger partial charge is 0.497 e. The molecule has 0 aliphatic heterocycles. The topological polar surface area (TPSA) is 59.2 Å². The molecule has 4 rings (SSSR count). The fraction of sp³-hybridized carbons (Fsp3) is 0.167. The fourth-order valence-electron chi connectivity index (χ4n) is 2.93. The SMILES string of the molecule is COc1ccc(Nc2n[nH]c3c2Cc2ccc(OC)cc2-3)cc1. The van der Waals surface area contributed by atoms with Gasteiger partial charge in [-0.15, -0.1) is 0 Å². The van der Waals surface area contributed by atoms with Crippen LogP contribution in [0.3, 0.4) is 0 Å². The molecule has 0 saturated carbocycles. The van der Waals surface area contributed by atoms with Crippen molar-refractivity contribution in [3.05, 3.63) is 53.6 Å². The number of aromatic amines is 1. The molecule has 0 spiro atoms. The number of nitrogens with zero attached hydrogens (tertiary/aromatic N) is 1. The summed E-state index contributed by atoms with van der Waals surface area (Å²) in [5.41, 5.74) is 5.68. The van der Waals surface area contributed by atoms with Crippen molar-refractivity contribution in [1.29, 1.82) is 0 Å². The Labute approximate surface area is 134 Å². The van der Waals surface area contributed by atoms with E-state index in [-0.39, 0.29) is 0 Å². The second kappa shape index (κ2) is 5.35. The van der Waals surface area contributed by atoms with Gasteiger partial charge in [0.05, 0.1) is 19.9 Å². The summed E-state index contributed by atoms with van der Waals surface area (Å²) in [5.74, 6) is 2.55. The van der Waals surface area contributed by atoms with Gasteiger partial charge in [0.1, 0.15) is 11.5 Å². The molecule has 0 radical (unpaired) electrons. The first-order chi connectivity index (χ1) is 11.3. The minimum absolute atomic E-state index is 0.835. The van der Waals surface area contributed by atoms with Crippen LogP contribution in [0.5, 0.6) is 11.5 Å². The zero-order valence-corrected chi connectivity index (χ0v) is 13.0. The van der Waals surface area contributed by atoms with Gasteiger partial charge in [-0.2, -0.15) is 5.10 Å². The van der Waals surface area contributed by atoms with Gasteiger partial charge >= 0.3 is 0 Å². The van der Waals surface area contributed by atoms with Crippen LogP contribution in [-0.4, -0.2) is 24.4 Å². The molecule has 1 aliphatic rings. The number of hydrogen-bond donors (Lipinski definition) is 2. The van der Waals surface area contributed by atoms with E-state index in [4.69, 9.17) is 9.47 Å². The second-order valence-corrected chi connectivity index (χ2v) is 5.48. The standard InChI is InChI=1S/C18H17N3O2/c1-22-13-7-4-12(5-8-13)19-18-16-9-11-3-6-14(23-2)10-15(11)17(16)20-21-18/h3-8,10H,9H2,1-2H3,(H2,19,20,21). The van der Waals surface area contributed by atoms with Gasteiger partial charge in [0.25, 0.3) is 0 Å². The molecule has 0 atom stereocenters. The zero-order chi connectivity index (χ0) is 15.8. The van der Waals surface area contributed by atoms with Gasteiger partial charge in [0, 0.05) is 23.2 Å². The molecule has 2 N–H and O–H groups in total. The summed E-state index contributed by atoms with van der Waals surface area (Å²) < 4.78 is 10.5. The summed E-state index contributed by atoms with van der Waals surface area (Å²) in [6.45, 7) is 0. The van der Waals surface area contributed by atoms with Crippen LogP contribution < -0.4 is 14.8 Å². The molecular formula is C18H17N3O2. The highest BCUT2D eigenvalue weighted by Crippen LogP contribution is 2.40. The smallest absolute Gasteiger partial charge is 0.156 e. The summed E-state index contributed by atoms with van der Waals surface area (Å²) in [6, 6.07) is 14.0. The van der Waals surface area contributed by atoms with Crippen molar-refractivity contribution in [3.8, 4) is 22.8 Å². The van der Waals surface area contributed by atoms with Crippen LogP contribution in [-0.2, 0) is 6.42 Å². The molecule has 0 bridgehead atoms. The van der Waals surface area contributed by atoms with Crippen molar-refractivity contribution < 1.29 is 9.47 Å². The Morgan fingerprint density at radius 3 is 2.48 bits per heavy atom. The van der Waals surface area contributed by atoms with E-state index in [1.54, 1.807) is 14.2 Å². The first-order valence-corrected chi connectivity index (χ1v) is 7.44. The van der Waals surface area contributed by atoms with E-state index in [1.165, 1.54) is 11.1 Å². The van der Waals surface area contributed by atoms with Crippen molar-refractivity contribution in [2.24, 2.45) is 0 Å². The monoisotopic (exact) mass is 307 g/mol. The molecular weight excluding hydrogens is 290 g/mol. The lowest BCUT2D eigenvalue weighted by Gasteiger charge is -2.06. The first kappa shape index (κ1) is 13.7. The number of anilines is 2. The molecule has 1 aliphatic carbocycles. The third-order valence-electron chi connectivity index (χ3n) is 4.17. The maximum absolute atomic E-state index is 5.32. The number of benzene rings is 2. The third kappa shape index (κ3) is 2.30. The zero-order valence-electron chi connectivity index (χ0n) is 13.0. The number of H-pyrrole nitrogens is 1. The molecule has 5 heteroatoms. The highest BCUT2D eigenvalue weighted by molar-refractivity contribution is 5.80. The Balaban J connectivity index is 1.64. The Bertz CT molecular complexity index is 853. The number of hydrogen-bond acceptors (Lipinski definition) is 4. The van der Waals surface area contributed by atoms with E-state index < -0.39 is 0 Å². The Morgan fingerprint density at radius 2 is 1.74 bits per heavy atom. The van der Waals surface area contributed by atoms with Crippen molar-refractivity contribution in [2.45, 2.75) is 6.42 Å². The van der Waals surface area contributed by atoms with Crippen LogP contribution >= 0.6 is 0 Å². The summed E-state index contributed by atoms with van der Waals surface area (Å²) in [6.07, 6.45) is 0.865. The summed E-state index contributed by atoms with van der Waals surface area (Å²) in [7, 11) is 3.34. The summed E-state index contributed by atoms with van der Waals surface area (Å²) in [5, 5.41) is 10.9. The Hall–Kier alpha value is -2.95. The molecule has 1 aromatic heterocycles. The van der Waals surface area contributed by atoms with E-state index in [0.717, 1.165) is 40.7 Å². The maximum Gasteiger partial charge on any atom is 0.156 e. The average molecular weight is 307 g/mol. The highest BCUT2D eigenvalue weighted by atomic mass is 16.5. The molecule has 0 amide bonds. The molecule has 0 saturated heterocycles. The predicted molar refractivity (Wildman–Crippen MR) is 89.7 cm³/mol. The van der Waals surface area contributed by atoms with Gasteiger partial charge in [-0.1, -0.05) is 6.07 Å². The molecule has 23 heavy (non-hydrogen) atoms. The number of fused-ring (bicyclic) bond motifs is 3. The highest BCUT2D eigenvalue weighted by Gasteiger charge is 2.25. The summed E-state index contributed by atoms with van der Waals surface area (Å²) in [4.78, 5) is 0. The van der Waals surface area contributed by atoms with Crippen LogP contribution in [0.2, 0.25) is 0 Å². The number of ether oxygens (including phenoxy) is 2. The number of nitrogens with one attached hydrogen (secondary N) is 2. The number of aromatic nitrogens is 2. The lowest BCUT2D eigenvalue weighted by atomic mass is 10.1. The van der Waals surface area contributed by atoms with E-state index in [2.05, 4.69) is 27.6 Å². The Morgan fingerprint density at radius 1 is 1.00 bits per heavy atom.